The van der Waals surface area contributed by atoms with Gasteiger partial charge in [0.05, 0.1) is 17.9 Å². The van der Waals surface area contributed by atoms with Gasteiger partial charge in [-0.2, -0.15) is 0 Å². The lowest BCUT2D eigenvalue weighted by Gasteiger charge is -2.23. The number of allylic oxidation sites excluding steroid dienone is 1. The first-order chi connectivity index (χ1) is 5.66. The van der Waals surface area contributed by atoms with Crippen molar-refractivity contribution in [3.8, 4) is 0 Å². The van der Waals surface area contributed by atoms with E-state index in [1.807, 2.05) is 0 Å². The maximum absolute atomic E-state index is 10.5. The molecule has 0 bridgehead atoms. The summed E-state index contributed by atoms with van der Waals surface area (Å²) >= 11 is 0. The van der Waals surface area contributed by atoms with Gasteiger partial charge in [0.2, 0.25) is 6.29 Å². The molecular weight excluding hydrogens is 160 g/mol. The molecule has 3 unspecified atom stereocenters. The average Bonchev–Trinajstić information content (AvgIpc) is 2.04. The number of rotatable bonds is 2. The maximum Gasteiger partial charge on any atom is 0.309 e. The van der Waals surface area contributed by atoms with Crippen molar-refractivity contribution in [3.63, 3.8) is 0 Å². The van der Waals surface area contributed by atoms with Crippen molar-refractivity contribution >= 4 is 12.3 Å². The van der Waals surface area contributed by atoms with Crippen LogP contribution in [0.15, 0.2) is 12.2 Å². The van der Waals surface area contributed by atoms with E-state index in [2.05, 4.69) is 0 Å². The predicted octanol–water partition coefficient (Wildman–Crippen LogP) is -0.266. The molecule has 4 nitrogen and oxygen atoms in total. The molecule has 0 saturated heterocycles. The van der Waals surface area contributed by atoms with Crippen LogP contribution in [0, 0.1) is 11.8 Å². The molecule has 0 aromatic rings. The van der Waals surface area contributed by atoms with E-state index in [-0.39, 0.29) is 6.42 Å². The molecule has 4 heteroatoms. The second kappa shape index (κ2) is 3.49. The van der Waals surface area contributed by atoms with Crippen LogP contribution in [0.4, 0.5) is 0 Å². The fourth-order valence-electron chi connectivity index (χ4n) is 1.23. The van der Waals surface area contributed by atoms with Crippen LogP contribution in [0.3, 0.4) is 0 Å². The van der Waals surface area contributed by atoms with Gasteiger partial charge in [-0.1, -0.05) is 12.2 Å². The van der Waals surface area contributed by atoms with Crippen molar-refractivity contribution in [2.45, 2.75) is 12.5 Å². The SMILES string of the molecule is O=[C]C1C=CCC(C(=O)O)C1O. The summed E-state index contributed by atoms with van der Waals surface area (Å²) in [7, 11) is 0. The number of carbonyl (C=O) groups is 1. The van der Waals surface area contributed by atoms with E-state index in [9.17, 15) is 14.7 Å². The van der Waals surface area contributed by atoms with Crippen LogP contribution < -0.4 is 0 Å². The van der Waals surface area contributed by atoms with Crippen LogP contribution in [-0.4, -0.2) is 28.6 Å². The highest BCUT2D eigenvalue weighted by Gasteiger charge is 2.33. The van der Waals surface area contributed by atoms with Crippen LogP contribution in [-0.2, 0) is 9.59 Å². The Hall–Kier alpha value is -1.16. The van der Waals surface area contributed by atoms with Crippen molar-refractivity contribution in [2.24, 2.45) is 11.8 Å². The maximum atomic E-state index is 10.5. The second-order valence-electron chi connectivity index (χ2n) is 2.74. The molecule has 1 rings (SSSR count). The molecule has 0 aromatic carbocycles. The van der Waals surface area contributed by atoms with Gasteiger partial charge in [-0.25, -0.2) is 0 Å². The zero-order valence-corrected chi connectivity index (χ0v) is 6.30. The highest BCUT2D eigenvalue weighted by Crippen LogP contribution is 2.22. The minimum absolute atomic E-state index is 0.272. The van der Waals surface area contributed by atoms with Crippen molar-refractivity contribution in [1.82, 2.24) is 0 Å². The van der Waals surface area contributed by atoms with Gasteiger partial charge in [-0.15, -0.1) is 0 Å². The Morgan fingerprint density at radius 1 is 1.58 bits per heavy atom. The van der Waals surface area contributed by atoms with Crippen LogP contribution in [0.1, 0.15) is 6.42 Å². The fraction of sp³-hybridized carbons (Fsp3) is 0.500. The first-order valence-corrected chi connectivity index (χ1v) is 3.62. The van der Waals surface area contributed by atoms with Crippen molar-refractivity contribution < 1.29 is 19.8 Å². The van der Waals surface area contributed by atoms with E-state index in [1.54, 1.807) is 12.4 Å². The predicted molar refractivity (Wildman–Crippen MR) is 40.1 cm³/mol. The molecular formula is C8H9O4. The second-order valence-corrected chi connectivity index (χ2v) is 2.74. The molecule has 0 amide bonds. The number of aliphatic carboxylic acids is 1. The topological polar surface area (TPSA) is 74.6 Å². The van der Waals surface area contributed by atoms with Crippen molar-refractivity contribution in [1.29, 1.82) is 0 Å². The molecule has 1 aliphatic rings. The van der Waals surface area contributed by atoms with Gasteiger partial charge in [-0.3, -0.25) is 9.59 Å². The Balaban J connectivity index is 2.76. The summed E-state index contributed by atoms with van der Waals surface area (Å²) < 4.78 is 0. The number of hydrogen-bond acceptors (Lipinski definition) is 3. The summed E-state index contributed by atoms with van der Waals surface area (Å²) in [6.07, 6.45) is 3.79. The van der Waals surface area contributed by atoms with Crippen LogP contribution in [0.5, 0.6) is 0 Å². The first-order valence-electron chi connectivity index (χ1n) is 3.62. The molecule has 0 spiro atoms. The lowest BCUT2D eigenvalue weighted by atomic mass is 9.84. The summed E-state index contributed by atoms with van der Waals surface area (Å²) in [4.78, 5) is 20.7. The van der Waals surface area contributed by atoms with E-state index in [1.165, 1.54) is 6.08 Å². The quantitative estimate of drug-likeness (QED) is 0.558. The molecule has 2 N–H and O–H groups in total. The Morgan fingerprint density at radius 2 is 2.25 bits per heavy atom. The average molecular weight is 169 g/mol. The largest absolute Gasteiger partial charge is 0.481 e. The van der Waals surface area contributed by atoms with Crippen molar-refractivity contribution in [2.75, 3.05) is 0 Å². The molecule has 1 aliphatic carbocycles. The number of carboxylic acids is 1. The highest BCUT2D eigenvalue weighted by molar-refractivity contribution is 5.73. The third kappa shape index (κ3) is 1.53. The smallest absolute Gasteiger partial charge is 0.309 e. The lowest BCUT2D eigenvalue weighted by molar-refractivity contribution is -0.146. The Kier molecular flexibility index (Phi) is 2.60. The molecule has 12 heavy (non-hydrogen) atoms. The summed E-state index contributed by atoms with van der Waals surface area (Å²) in [5.74, 6) is -2.74. The third-order valence-corrected chi connectivity index (χ3v) is 1.97. The van der Waals surface area contributed by atoms with Gasteiger partial charge in [0, 0.05) is 0 Å². The summed E-state index contributed by atoms with van der Waals surface area (Å²) in [6.45, 7) is 0. The molecule has 0 saturated carbocycles. The minimum atomic E-state index is -1.13. The molecule has 0 fully saturated rings. The first kappa shape index (κ1) is 8.93. The zero-order chi connectivity index (χ0) is 9.14. The van der Waals surface area contributed by atoms with Crippen LogP contribution >= 0.6 is 0 Å². The van der Waals surface area contributed by atoms with Crippen molar-refractivity contribution in [3.05, 3.63) is 12.2 Å². The van der Waals surface area contributed by atoms with E-state index >= 15 is 0 Å². The number of carbonyl (C=O) groups excluding carboxylic acids is 1. The molecule has 0 heterocycles. The molecule has 0 aliphatic heterocycles. The lowest BCUT2D eigenvalue weighted by Crippen LogP contribution is -2.36. The highest BCUT2D eigenvalue weighted by atomic mass is 16.4. The van der Waals surface area contributed by atoms with Crippen LogP contribution in [0.2, 0.25) is 0 Å². The number of aliphatic hydroxyl groups is 1. The molecule has 65 valence electrons. The normalized spacial score (nSPS) is 34.6. The Labute approximate surface area is 69.5 Å². The standard InChI is InChI=1S/C8H9O4/c9-4-5-2-1-3-6(7(5)10)8(11)12/h1-2,5-7,10H,3H2,(H,11,12). The fourth-order valence-corrected chi connectivity index (χ4v) is 1.23. The number of aliphatic hydroxyl groups excluding tert-OH is 1. The van der Waals surface area contributed by atoms with Gasteiger partial charge < -0.3 is 10.2 Å². The van der Waals surface area contributed by atoms with Gasteiger partial charge in [0.15, 0.2) is 0 Å². The summed E-state index contributed by atoms with van der Waals surface area (Å²) in [5.41, 5.74) is 0. The summed E-state index contributed by atoms with van der Waals surface area (Å²) in [6, 6.07) is 0. The van der Waals surface area contributed by atoms with Gasteiger partial charge in [0.1, 0.15) is 0 Å². The monoisotopic (exact) mass is 169 g/mol. The van der Waals surface area contributed by atoms with E-state index in [0.29, 0.717) is 0 Å². The summed E-state index contributed by atoms with van der Waals surface area (Å²) in [5, 5.41) is 17.9. The van der Waals surface area contributed by atoms with Gasteiger partial charge >= 0.3 is 5.97 Å². The zero-order valence-electron chi connectivity index (χ0n) is 6.30. The van der Waals surface area contributed by atoms with E-state index < -0.39 is 23.9 Å². The minimum Gasteiger partial charge on any atom is -0.481 e. The van der Waals surface area contributed by atoms with Crippen LogP contribution in [0.25, 0.3) is 0 Å². The molecule has 3 atom stereocenters. The van der Waals surface area contributed by atoms with E-state index in [0.717, 1.165) is 0 Å². The number of carboxylic acid groups (broad SMARTS) is 1. The number of hydrogen-bond donors (Lipinski definition) is 2. The van der Waals surface area contributed by atoms with E-state index in [4.69, 9.17) is 5.11 Å². The Bertz CT molecular complexity index is 221. The van der Waals surface area contributed by atoms with Gasteiger partial charge in [-0.05, 0) is 6.42 Å². The third-order valence-electron chi connectivity index (χ3n) is 1.97. The Morgan fingerprint density at radius 3 is 2.75 bits per heavy atom. The molecule has 0 aromatic heterocycles. The van der Waals surface area contributed by atoms with Gasteiger partial charge in [0.25, 0.3) is 0 Å². The molecule has 1 radical (unpaired) electrons.